The average Bonchev–Trinajstić information content (AvgIpc) is 2.93. The molecule has 0 heterocycles. The Kier molecular flexibility index (Phi) is 12.6. The lowest BCUT2D eigenvalue weighted by Gasteiger charge is -2.40. The van der Waals surface area contributed by atoms with Crippen molar-refractivity contribution in [2.75, 3.05) is 14.1 Å². The molecule has 3 N–H and O–H groups in total. The Bertz CT molecular complexity index is 1510. The minimum Gasteiger partial charge on any atom is -0.342 e. The fourth-order valence-electron chi connectivity index (χ4n) is 5.16. The molecule has 9 nitrogen and oxygen atoms in total. The lowest BCUT2D eigenvalue weighted by Crippen LogP contribution is -2.61. The van der Waals surface area contributed by atoms with Crippen molar-refractivity contribution >= 4 is 39.3 Å². The zero-order valence-electron chi connectivity index (χ0n) is 28.3. The van der Waals surface area contributed by atoms with Crippen LogP contribution in [0.3, 0.4) is 0 Å². The van der Waals surface area contributed by atoms with Gasteiger partial charge in [-0.3, -0.25) is 14.4 Å². The van der Waals surface area contributed by atoms with E-state index in [4.69, 9.17) is 11.6 Å². The van der Waals surface area contributed by atoms with Crippen LogP contribution in [-0.2, 0) is 29.8 Å². The van der Waals surface area contributed by atoms with Crippen molar-refractivity contribution in [3.8, 4) is 0 Å². The standard InChI is InChI=1S/C34H49ClN4O5S/c1-21(2)27(19-23(4)30(40)38-45(43,44)26-17-15-22(3)16-18-26)39(11)32(42)29(33(5,6)7)37-31(41)28(36-10)34(8,9)24-13-12-14-25(35)20-24/h12-21,27-29,36H,1-11H3,(H,37,41)(H,38,40)/b23-19+/t27-,28-,29-/m1/s1. The number of nitrogens with zero attached hydrogens (tertiary/aromatic N) is 1. The van der Waals surface area contributed by atoms with Crippen LogP contribution < -0.4 is 15.4 Å². The Labute approximate surface area is 274 Å². The van der Waals surface area contributed by atoms with Crippen LogP contribution in [0.2, 0.25) is 5.02 Å². The van der Waals surface area contributed by atoms with Gasteiger partial charge in [0.05, 0.1) is 17.0 Å². The predicted octanol–water partition coefficient (Wildman–Crippen LogP) is 4.98. The van der Waals surface area contributed by atoms with Crippen molar-refractivity contribution in [3.05, 3.63) is 76.3 Å². The smallest absolute Gasteiger partial charge is 0.264 e. The number of rotatable bonds is 12. The number of hydrogen-bond donors (Lipinski definition) is 3. The first-order valence-electron chi connectivity index (χ1n) is 15.0. The summed E-state index contributed by atoms with van der Waals surface area (Å²) in [6, 6.07) is 11.3. The summed E-state index contributed by atoms with van der Waals surface area (Å²) in [5.41, 5.74) is 0.551. The number of hydrogen-bond acceptors (Lipinski definition) is 6. The molecule has 0 radical (unpaired) electrons. The van der Waals surface area contributed by atoms with E-state index >= 15 is 0 Å². The Balaban J connectivity index is 2.34. The lowest BCUT2D eigenvalue weighted by molar-refractivity contribution is -0.140. The molecule has 0 unspecified atom stereocenters. The van der Waals surface area contributed by atoms with Crippen LogP contribution in [0.5, 0.6) is 0 Å². The van der Waals surface area contributed by atoms with E-state index in [-0.39, 0.29) is 28.2 Å². The van der Waals surface area contributed by atoms with Crippen LogP contribution in [0.15, 0.2) is 65.1 Å². The van der Waals surface area contributed by atoms with Gasteiger partial charge in [-0.2, -0.15) is 0 Å². The van der Waals surface area contributed by atoms with E-state index in [1.165, 1.54) is 24.0 Å². The molecule has 3 amide bonds. The summed E-state index contributed by atoms with van der Waals surface area (Å²) in [7, 11) is -0.771. The zero-order valence-corrected chi connectivity index (χ0v) is 29.9. The van der Waals surface area contributed by atoms with Gasteiger partial charge in [-0.05, 0) is 62.1 Å². The summed E-state index contributed by atoms with van der Waals surface area (Å²) in [4.78, 5) is 42.4. The van der Waals surface area contributed by atoms with Gasteiger partial charge in [0.2, 0.25) is 11.8 Å². The molecule has 0 aromatic heterocycles. The van der Waals surface area contributed by atoms with Crippen molar-refractivity contribution in [2.24, 2.45) is 11.3 Å². The molecule has 2 rings (SSSR count). The summed E-state index contributed by atoms with van der Waals surface area (Å²) in [6.07, 6.45) is 1.59. The Morgan fingerprint density at radius 1 is 0.956 bits per heavy atom. The number of carbonyl (C=O) groups excluding carboxylic acids is 3. The highest BCUT2D eigenvalue weighted by Gasteiger charge is 2.41. The second-order valence-electron chi connectivity index (χ2n) is 13.5. The third-order valence-electron chi connectivity index (χ3n) is 8.06. The Morgan fingerprint density at radius 2 is 1.53 bits per heavy atom. The lowest BCUT2D eigenvalue weighted by atomic mass is 9.76. The highest BCUT2D eigenvalue weighted by molar-refractivity contribution is 7.90. The first-order chi connectivity index (χ1) is 20.6. The third kappa shape index (κ3) is 9.64. The van der Waals surface area contributed by atoms with E-state index in [0.29, 0.717) is 5.02 Å². The molecule has 0 saturated carbocycles. The van der Waals surface area contributed by atoms with Crippen LogP contribution in [0.25, 0.3) is 0 Å². The quantitative estimate of drug-likeness (QED) is 0.276. The maximum atomic E-state index is 14.1. The minimum absolute atomic E-state index is 0.0240. The van der Waals surface area contributed by atoms with Gasteiger partial charge in [0.1, 0.15) is 6.04 Å². The summed E-state index contributed by atoms with van der Waals surface area (Å²) in [5.74, 6) is -1.62. The molecular weight excluding hydrogens is 612 g/mol. The van der Waals surface area contributed by atoms with E-state index in [1.807, 2.05) is 73.6 Å². The summed E-state index contributed by atoms with van der Waals surface area (Å²) in [5, 5.41) is 6.67. The van der Waals surface area contributed by atoms with E-state index in [1.54, 1.807) is 38.4 Å². The molecule has 0 aliphatic carbocycles. The Morgan fingerprint density at radius 3 is 2.02 bits per heavy atom. The minimum atomic E-state index is -4.09. The van der Waals surface area contributed by atoms with Crippen molar-refractivity contribution in [3.63, 3.8) is 0 Å². The van der Waals surface area contributed by atoms with Crippen molar-refractivity contribution in [2.45, 2.75) is 90.7 Å². The van der Waals surface area contributed by atoms with Crippen LogP contribution in [-0.4, -0.2) is 63.3 Å². The number of nitrogens with one attached hydrogen (secondary N) is 3. The van der Waals surface area contributed by atoms with Crippen molar-refractivity contribution in [1.29, 1.82) is 0 Å². The summed E-state index contributed by atoms with van der Waals surface area (Å²) >= 11 is 6.24. The van der Waals surface area contributed by atoms with Crippen molar-refractivity contribution < 1.29 is 22.8 Å². The monoisotopic (exact) mass is 660 g/mol. The van der Waals surface area contributed by atoms with E-state index in [2.05, 4.69) is 15.4 Å². The van der Waals surface area contributed by atoms with Gasteiger partial charge in [0, 0.05) is 23.1 Å². The van der Waals surface area contributed by atoms with Gasteiger partial charge in [0.15, 0.2) is 0 Å². The second kappa shape index (κ2) is 14.9. The molecule has 2 aromatic rings. The number of benzene rings is 2. The second-order valence-corrected chi connectivity index (χ2v) is 15.7. The molecule has 3 atom stereocenters. The number of carbonyl (C=O) groups is 3. The third-order valence-corrected chi connectivity index (χ3v) is 9.64. The molecular formula is C34H49ClN4O5S. The zero-order chi connectivity index (χ0) is 34.5. The molecule has 0 bridgehead atoms. The molecule has 11 heteroatoms. The van der Waals surface area contributed by atoms with E-state index in [9.17, 15) is 22.8 Å². The van der Waals surface area contributed by atoms with E-state index < -0.39 is 44.9 Å². The molecule has 0 saturated heterocycles. The largest absolute Gasteiger partial charge is 0.342 e. The maximum absolute atomic E-state index is 14.1. The fourth-order valence-corrected chi connectivity index (χ4v) is 6.37. The van der Waals surface area contributed by atoms with Crippen LogP contribution in [0, 0.1) is 18.3 Å². The first-order valence-corrected chi connectivity index (χ1v) is 16.8. The van der Waals surface area contributed by atoms with Gasteiger partial charge in [-0.25, -0.2) is 13.1 Å². The predicted molar refractivity (Wildman–Crippen MR) is 180 cm³/mol. The molecule has 0 fully saturated rings. The fraction of sp³-hybridized carbons (Fsp3) is 0.500. The molecule has 2 aromatic carbocycles. The number of likely N-dealkylation sites (N-methyl/N-ethyl adjacent to an activating group) is 2. The van der Waals surface area contributed by atoms with Crippen LogP contribution in [0.4, 0.5) is 0 Å². The van der Waals surface area contributed by atoms with Gasteiger partial charge in [-0.15, -0.1) is 0 Å². The van der Waals surface area contributed by atoms with E-state index in [0.717, 1.165) is 11.1 Å². The summed E-state index contributed by atoms with van der Waals surface area (Å²) in [6.45, 7) is 16.6. The maximum Gasteiger partial charge on any atom is 0.264 e. The van der Waals surface area contributed by atoms with Crippen molar-refractivity contribution in [1.82, 2.24) is 20.3 Å². The van der Waals surface area contributed by atoms with Gasteiger partial charge in [0.25, 0.3) is 15.9 Å². The van der Waals surface area contributed by atoms with Crippen LogP contribution in [0.1, 0.15) is 66.5 Å². The van der Waals surface area contributed by atoms with Gasteiger partial charge >= 0.3 is 0 Å². The topological polar surface area (TPSA) is 125 Å². The highest BCUT2D eigenvalue weighted by Crippen LogP contribution is 2.30. The summed E-state index contributed by atoms with van der Waals surface area (Å²) < 4.78 is 27.7. The molecule has 0 aliphatic rings. The van der Waals surface area contributed by atoms with Gasteiger partial charge in [-0.1, -0.05) is 96.0 Å². The average molecular weight is 661 g/mol. The molecule has 248 valence electrons. The molecule has 45 heavy (non-hydrogen) atoms. The first kappa shape index (κ1) is 38.0. The number of sulfonamides is 1. The molecule has 0 aliphatic heterocycles. The van der Waals surface area contributed by atoms with Gasteiger partial charge < -0.3 is 15.5 Å². The number of amides is 3. The highest BCUT2D eigenvalue weighted by atomic mass is 35.5. The SMILES string of the molecule is CN[C@H](C(=O)N[C@H](C(=O)N(C)[C@H](/C=C(\C)C(=O)NS(=O)(=O)c1ccc(C)cc1)C(C)C)C(C)(C)C)C(C)(C)c1cccc(Cl)c1. The number of halogens is 1. The number of aryl methyl sites for hydroxylation is 1. The van der Waals surface area contributed by atoms with Crippen LogP contribution >= 0.6 is 11.6 Å². The Hall–Kier alpha value is -3.21. The molecule has 0 spiro atoms. The normalized spacial score (nSPS) is 14.8.